The number of anilines is 1. The van der Waals surface area contributed by atoms with Crippen molar-refractivity contribution in [1.82, 2.24) is 24.7 Å². The number of aromatic nitrogens is 4. The van der Waals surface area contributed by atoms with Crippen LogP contribution in [0.4, 0.5) is 5.82 Å². The Balaban J connectivity index is 1.99. The lowest BCUT2D eigenvalue weighted by Gasteiger charge is -2.32. The summed E-state index contributed by atoms with van der Waals surface area (Å²) in [6, 6.07) is 3.79. The first-order chi connectivity index (χ1) is 9.86. The molecule has 7 heteroatoms. The minimum absolute atomic E-state index is 0.114. The van der Waals surface area contributed by atoms with Gasteiger partial charge in [0.25, 0.3) is 0 Å². The first kappa shape index (κ1) is 13.8. The zero-order valence-corrected chi connectivity index (χ0v) is 12.9. The Morgan fingerprint density at radius 2 is 1.90 bits per heavy atom. The predicted octanol–water partition coefficient (Wildman–Crippen LogP) is 0.700. The van der Waals surface area contributed by atoms with Crippen LogP contribution in [0.2, 0.25) is 0 Å². The molecule has 3 heterocycles. The number of fused-ring (bicyclic) bond motifs is 1. The smallest absolute Gasteiger partial charge is 0.241 e. The van der Waals surface area contributed by atoms with Crippen molar-refractivity contribution < 1.29 is 4.79 Å². The molecule has 0 unspecified atom stereocenters. The summed E-state index contributed by atoms with van der Waals surface area (Å²) in [5.41, 5.74) is 0.590. The van der Waals surface area contributed by atoms with Gasteiger partial charge in [0.05, 0.1) is 6.54 Å². The lowest BCUT2D eigenvalue weighted by molar-refractivity contribution is -0.129. The first-order valence-corrected chi connectivity index (χ1v) is 7.08. The maximum Gasteiger partial charge on any atom is 0.241 e. The summed E-state index contributed by atoms with van der Waals surface area (Å²) in [4.78, 5) is 15.6. The Bertz CT molecular complexity index is 686. The maximum absolute atomic E-state index is 11.8. The van der Waals surface area contributed by atoms with Crippen molar-refractivity contribution in [3.05, 3.63) is 18.0 Å². The molecule has 0 bridgehead atoms. The van der Waals surface area contributed by atoms with Crippen LogP contribution in [0.3, 0.4) is 0 Å². The number of amides is 1. The zero-order chi connectivity index (χ0) is 15.2. The van der Waals surface area contributed by atoms with Gasteiger partial charge < -0.3 is 9.80 Å². The number of carbonyl (C=O) groups is 1. The predicted molar refractivity (Wildman–Crippen MR) is 79.3 cm³/mol. The summed E-state index contributed by atoms with van der Waals surface area (Å²) in [5.74, 6) is 1.72. The van der Waals surface area contributed by atoms with E-state index in [9.17, 15) is 4.79 Å². The molecule has 0 spiro atoms. The minimum atomic E-state index is -0.136. The highest BCUT2D eigenvalue weighted by Crippen LogP contribution is 2.22. The lowest BCUT2D eigenvalue weighted by Crippen LogP contribution is -2.49. The van der Waals surface area contributed by atoms with E-state index in [0.717, 1.165) is 23.8 Å². The van der Waals surface area contributed by atoms with Crippen LogP contribution in [0.5, 0.6) is 0 Å². The van der Waals surface area contributed by atoms with Crippen molar-refractivity contribution in [2.75, 3.05) is 31.6 Å². The summed E-state index contributed by atoms with van der Waals surface area (Å²) in [6.07, 6.45) is 0. The SMILES string of the molecule is CN1CCN(c2ccc3nnc(C(C)(C)C)n3n2)CC1=O. The van der Waals surface area contributed by atoms with Gasteiger partial charge in [-0.05, 0) is 12.1 Å². The molecule has 1 amide bonds. The molecule has 0 saturated carbocycles. The molecule has 0 atom stereocenters. The second-order valence-corrected chi connectivity index (χ2v) is 6.47. The number of carbonyl (C=O) groups excluding carboxylic acids is 1. The maximum atomic E-state index is 11.8. The fraction of sp³-hybridized carbons (Fsp3) is 0.571. The normalized spacial score (nSPS) is 16.9. The molecule has 112 valence electrons. The Labute approximate surface area is 123 Å². The molecule has 1 fully saturated rings. The molecule has 2 aromatic heterocycles. The van der Waals surface area contributed by atoms with E-state index < -0.39 is 0 Å². The Kier molecular flexibility index (Phi) is 3.07. The first-order valence-electron chi connectivity index (χ1n) is 7.08. The van der Waals surface area contributed by atoms with Gasteiger partial charge in [0.2, 0.25) is 5.91 Å². The fourth-order valence-corrected chi connectivity index (χ4v) is 2.37. The average Bonchev–Trinajstić information content (AvgIpc) is 2.84. The number of hydrogen-bond donors (Lipinski definition) is 0. The van der Waals surface area contributed by atoms with E-state index in [1.54, 1.807) is 9.42 Å². The Hall–Kier alpha value is -2.18. The molecule has 21 heavy (non-hydrogen) atoms. The summed E-state index contributed by atoms with van der Waals surface area (Å²) >= 11 is 0. The Morgan fingerprint density at radius 3 is 2.57 bits per heavy atom. The molecule has 0 aliphatic carbocycles. The number of rotatable bonds is 1. The Morgan fingerprint density at radius 1 is 1.14 bits per heavy atom. The molecule has 1 aliphatic rings. The molecule has 2 aromatic rings. The second-order valence-electron chi connectivity index (χ2n) is 6.47. The summed E-state index contributed by atoms with van der Waals surface area (Å²) in [7, 11) is 1.83. The quantitative estimate of drug-likeness (QED) is 0.773. The van der Waals surface area contributed by atoms with E-state index >= 15 is 0 Å². The molecule has 1 saturated heterocycles. The molecule has 1 aliphatic heterocycles. The zero-order valence-electron chi connectivity index (χ0n) is 12.9. The third kappa shape index (κ3) is 2.43. The van der Waals surface area contributed by atoms with Crippen LogP contribution in [0.15, 0.2) is 12.1 Å². The molecule has 3 rings (SSSR count). The fourth-order valence-electron chi connectivity index (χ4n) is 2.37. The summed E-state index contributed by atoms with van der Waals surface area (Å²) in [6.45, 7) is 8.11. The highest BCUT2D eigenvalue weighted by atomic mass is 16.2. The van der Waals surface area contributed by atoms with Crippen molar-refractivity contribution in [1.29, 1.82) is 0 Å². The molecular formula is C14H20N6O. The topological polar surface area (TPSA) is 66.6 Å². The number of nitrogens with zero attached hydrogens (tertiary/aromatic N) is 6. The van der Waals surface area contributed by atoms with E-state index in [1.165, 1.54) is 0 Å². The van der Waals surface area contributed by atoms with E-state index in [1.807, 2.05) is 24.1 Å². The standard InChI is InChI=1S/C14H20N6O/c1-14(2,3)13-16-15-10-5-6-11(17-20(10)13)19-8-7-18(4)12(21)9-19/h5-6H,7-9H2,1-4H3. The van der Waals surface area contributed by atoms with Crippen molar-refractivity contribution in [2.24, 2.45) is 0 Å². The van der Waals surface area contributed by atoms with Crippen LogP contribution >= 0.6 is 0 Å². The molecule has 0 radical (unpaired) electrons. The molecule has 0 aromatic carbocycles. The van der Waals surface area contributed by atoms with Crippen LogP contribution in [-0.4, -0.2) is 57.3 Å². The van der Waals surface area contributed by atoms with E-state index in [4.69, 9.17) is 0 Å². The van der Waals surface area contributed by atoms with Crippen LogP contribution in [-0.2, 0) is 10.2 Å². The van der Waals surface area contributed by atoms with Gasteiger partial charge in [0.1, 0.15) is 5.82 Å². The van der Waals surface area contributed by atoms with Gasteiger partial charge in [-0.1, -0.05) is 20.8 Å². The van der Waals surface area contributed by atoms with Crippen molar-refractivity contribution in [2.45, 2.75) is 26.2 Å². The number of piperazine rings is 1. The third-order valence-electron chi connectivity index (χ3n) is 3.70. The minimum Gasteiger partial charge on any atom is -0.344 e. The van der Waals surface area contributed by atoms with Gasteiger partial charge in [0.15, 0.2) is 11.5 Å². The van der Waals surface area contributed by atoms with Crippen molar-refractivity contribution >= 4 is 17.4 Å². The van der Waals surface area contributed by atoms with Gasteiger partial charge in [-0.3, -0.25) is 4.79 Å². The van der Waals surface area contributed by atoms with Gasteiger partial charge in [0, 0.05) is 25.6 Å². The lowest BCUT2D eigenvalue weighted by atomic mass is 9.96. The summed E-state index contributed by atoms with van der Waals surface area (Å²) in [5, 5.41) is 13.0. The average molecular weight is 288 g/mol. The highest BCUT2D eigenvalue weighted by Gasteiger charge is 2.25. The van der Waals surface area contributed by atoms with E-state index in [2.05, 4.69) is 36.1 Å². The largest absolute Gasteiger partial charge is 0.344 e. The van der Waals surface area contributed by atoms with Gasteiger partial charge >= 0.3 is 0 Å². The van der Waals surface area contributed by atoms with Gasteiger partial charge in [-0.15, -0.1) is 15.3 Å². The third-order valence-corrected chi connectivity index (χ3v) is 3.70. The van der Waals surface area contributed by atoms with Crippen LogP contribution in [0.25, 0.3) is 5.65 Å². The molecule has 7 nitrogen and oxygen atoms in total. The molecular weight excluding hydrogens is 268 g/mol. The monoisotopic (exact) mass is 288 g/mol. The van der Waals surface area contributed by atoms with Crippen LogP contribution in [0, 0.1) is 0 Å². The van der Waals surface area contributed by atoms with E-state index in [0.29, 0.717) is 13.1 Å². The van der Waals surface area contributed by atoms with Crippen LogP contribution < -0.4 is 4.90 Å². The van der Waals surface area contributed by atoms with E-state index in [-0.39, 0.29) is 11.3 Å². The molecule has 0 N–H and O–H groups in total. The van der Waals surface area contributed by atoms with Gasteiger partial charge in [-0.25, -0.2) is 0 Å². The number of likely N-dealkylation sites (N-methyl/N-ethyl adjacent to an activating group) is 1. The highest BCUT2D eigenvalue weighted by molar-refractivity contribution is 5.82. The van der Waals surface area contributed by atoms with Gasteiger partial charge in [-0.2, -0.15) is 4.52 Å². The summed E-state index contributed by atoms with van der Waals surface area (Å²) < 4.78 is 1.78. The van der Waals surface area contributed by atoms with Crippen molar-refractivity contribution in [3.8, 4) is 0 Å². The van der Waals surface area contributed by atoms with Crippen molar-refractivity contribution in [3.63, 3.8) is 0 Å². The van der Waals surface area contributed by atoms with Crippen LogP contribution in [0.1, 0.15) is 26.6 Å². The number of hydrogen-bond acceptors (Lipinski definition) is 5. The second kappa shape index (κ2) is 4.68.